The Morgan fingerprint density at radius 1 is 1.21 bits per heavy atom. The van der Waals surface area contributed by atoms with Gasteiger partial charge in [-0.05, 0) is 55.7 Å². The first kappa shape index (κ1) is 26.1. The number of imidazole rings is 1. The molecule has 2 aliphatic carbocycles. The average Bonchev–Trinajstić information content (AvgIpc) is 3.55. The van der Waals surface area contributed by atoms with E-state index in [1.54, 1.807) is 17.9 Å². The minimum absolute atomic E-state index is 0.0663. The largest absolute Gasteiger partial charge is 0.465 e. The van der Waals surface area contributed by atoms with Gasteiger partial charge in [0.25, 0.3) is 5.91 Å². The summed E-state index contributed by atoms with van der Waals surface area (Å²) in [6.07, 6.45) is 7.25. The number of amides is 1. The lowest BCUT2D eigenvalue weighted by Gasteiger charge is -2.25. The molecule has 2 aromatic heterocycles. The Balaban J connectivity index is 1.20. The van der Waals surface area contributed by atoms with Gasteiger partial charge in [-0.25, -0.2) is 24.1 Å². The summed E-state index contributed by atoms with van der Waals surface area (Å²) >= 11 is 5.85. The summed E-state index contributed by atoms with van der Waals surface area (Å²) in [6, 6.07) is 4.04. The highest BCUT2D eigenvalue weighted by Gasteiger charge is 2.49. The van der Waals surface area contributed by atoms with E-state index in [0.717, 1.165) is 18.5 Å². The van der Waals surface area contributed by atoms with Crippen LogP contribution in [0.5, 0.6) is 0 Å². The van der Waals surface area contributed by atoms with Crippen LogP contribution < -0.4 is 10.6 Å². The van der Waals surface area contributed by atoms with Gasteiger partial charge in [0.2, 0.25) is 5.95 Å². The molecule has 3 N–H and O–H groups in total. The Hall–Kier alpha value is -3.57. The van der Waals surface area contributed by atoms with Crippen molar-refractivity contribution in [2.45, 2.75) is 37.2 Å². The van der Waals surface area contributed by atoms with Gasteiger partial charge >= 0.3 is 5.97 Å². The number of aliphatic hydroxyl groups is 1. The summed E-state index contributed by atoms with van der Waals surface area (Å²) in [5.74, 6) is -0.391. The number of fused-ring (bicyclic) bond motifs is 1. The molecular formula is C26H28ClFN6O4. The number of anilines is 2. The number of aryl methyl sites for hydroxylation is 1. The number of rotatable bonds is 7. The van der Waals surface area contributed by atoms with Gasteiger partial charge < -0.3 is 25.0 Å². The number of carbonyl (C=O) groups is 2. The predicted molar refractivity (Wildman–Crippen MR) is 138 cm³/mol. The second-order valence-electron chi connectivity index (χ2n) is 10.1. The zero-order valence-corrected chi connectivity index (χ0v) is 21.7. The summed E-state index contributed by atoms with van der Waals surface area (Å²) in [6.45, 7) is 0.291. The number of nitrogens with zero attached hydrogens (tertiary/aromatic N) is 4. The van der Waals surface area contributed by atoms with Gasteiger partial charge in [-0.2, -0.15) is 0 Å². The molecule has 10 nitrogen and oxygen atoms in total. The van der Waals surface area contributed by atoms with Gasteiger partial charge in [-0.3, -0.25) is 4.79 Å². The molecule has 0 spiro atoms. The lowest BCUT2D eigenvalue weighted by Crippen LogP contribution is -2.35. The number of benzene rings is 1. The van der Waals surface area contributed by atoms with E-state index in [0.29, 0.717) is 48.6 Å². The number of ether oxygens (including phenoxy) is 1. The van der Waals surface area contributed by atoms with Crippen molar-refractivity contribution >= 4 is 35.1 Å². The number of hydrogen-bond donors (Lipinski definition) is 3. The summed E-state index contributed by atoms with van der Waals surface area (Å²) in [4.78, 5) is 37.5. The Bertz CT molecular complexity index is 1350. The van der Waals surface area contributed by atoms with Crippen molar-refractivity contribution in [2.24, 2.45) is 18.9 Å². The molecule has 1 aromatic carbocycles. The number of aromatic nitrogens is 4. The van der Waals surface area contributed by atoms with Crippen molar-refractivity contribution in [3.8, 4) is 0 Å². The fraction of sp³-hybridized carbons (Fsp3) is 0.423. The highest BCUT2D eigenvalue weighted by atomic mass is 35.5. The quantitative estimate of drug-likeness (QED) is 0.384. The van der Waals surface area contributed by atoms with Crippen LogP contribution in [0.15, 0.2) is 36.9 Å². The van der Waals surface area contributed by atoms with Crippen LogP contribution in [0.4, 0.5) is 16.0 Å². The SMILES string of the molecule is COC(=O)c1cnc(NCC2(O)CC3CC(c4ncn(C)c4C(=O)Nc4ccc(F)c(Cl)c4)CC3C2)nc1. The number of methoxy groups -OCH3 is 1. The maximum atomic E-state index is 13.5. The normalized spacial score (nSPS) is 24.2. The van der Waals surface area contributed by atoms with Crippen molar-refractivity contribution in [3.05, 3.63) is 64.7 Å². The summed E-state index contributed by atoms with van der Waals surface area (Å²) in [5.41, 5.74) is 0.936. The molecule has 12 heteroatoms. The number of hydrogen-bond acceptors (Lipinski definition) is 8. The van der Waals surface area contributed by atoms with E-state index in [9.17, 15) is 19.1 Å². The Labute approximate surface area is 223 Å². The molecule has 2 unspecified atom stereocenters. The third kappa shape index (κ3) is 5.21. The van der Waals surface area contributed by atoms with Crippen LogP contribution >= 0.6 is 11.6 Å². The molecule has 5 rings (SSSR count). The van der Waals surface area contributed by atoms with Gasteiger partial charge in [0.15, 0.2) is 0 Å². The van der Waals surface area contributed by atoms with Gasteiger partial charge in [0, 0.05) is 37.6 Å². The molecule has 2 saturated carbocycles. The zero-order chi connectivity index (χ0) is 27.0. The van der Waals surface area contributed by atoms with Crippen molar-refractivity contribution in [1.29, 1.82) is 0 Å². The number of halogens is 2. The molecule has 2 heterocycles. The van der Waals surface area contributed by atoms with Crippen molar-refractivity contribution in [2.75, 3.05) is 24.3 Å². The second-order valence-corrected chi connectivity index (χ2v) is 10.5. The van der Waals surface area contributed by atoms with E-state index < -0.39 is 17.4 Å². The van der Waals surface area contributed by atoms with Crippen LogP contribution in [-0.2, 0) is 11.8 Å². The molecule has 2 aliphatic rings. The second kappa shape index (κ2) is 10.3. The lowest BCUT2D eigenvalue weighted by atomic mass is 9.92. The topological polar surface area (TPSA) is 131 Å². The molecule has 200 valence electrons. The standard InChI is InChI=1S/C26H28ClFN6O4/c1-34-13-32-21(22(34)23(35)33-18-3-4-20(28)19(27)7-18)14-5-15-8-26(37,9-16(15)6-14)12-31-25-29-10-17(11-30-25)24(36)38-2/h3-4,7,10-11,13-16,37H,5-6,8-9,12H2,1-2H3,(H,33,35)(H,29,30,31). The molecule has 0 bridgehead atoms. The monoisotopic (exact) mass is 542 g/mol. The van der Waals surface area contributed by atoms with Gasteiger partial charge in [-0.15, -0.1) is 0 Å². The van der Waals surface area contributed by atoms with E-state index in [-0.39, 0.29) is 22.4 Å². The minimum Gasteiger partial charge on any atom is -0.465 e. The van der Waals surface area contributed by atoms with Crippen molar-refractivity contribution < 1.29 is 23.8 Å². The summed E-state index contributed by atoms with van der Waals surface area (Å²) in [5, 5.41) is 17.0. The van der Waals surface area contributed by atoms with Crippen LogP contribution in [-0.4, -0.2) is 55.8 Å². The average molecular weight is 543 g/mol. The molecule has 0 saturated heterocycles. The van der Waals surface area contributed by atoms with Crippen molar-refractivity contribution in [3.63, 3.8) is 0 Å². The first-order chi connectivity index (χ1) is 18.2. The predicted octanol–water partition coefficient (Wildman–Crippen LogP) is 3.79. The van der Waals surface area contributed by atoms with Crippen LogP contribution in [0, 0.1) is 17.7 Å². The first-order valence-electron chi connectivity index (χ1n) is 12.3. The van der Waals surface area contributed by atoms with Crippen LogP contribution in [0.2, 0.25) is 5.02 Å². The minimum atomic E-state index is -0.906. The molecule has 1 amide bonds. The molecule has 2 fully saturated rings. The lowest BCUT2D eigenvalue weighted by molar-refractivity contribution is 0.0512. The van der Waals surface area contributed by atoms with Gasteiger partial charge in [0.1, 0.15) is 11.5 Å². The first-order valence-corrected chi connectivity index (χ1v) is 12.7. The fourth-order valence-corrected chi connectivity index (χ4v) is 5.99. The van der Waals surface area contributed by atoms with Crippen molar-refractivity contribution in [1.82, 2.24) is 19.5 Å². The number of nitrogens with one attached hydrogen (secondary N) is 2. The molecule has 38 heavy (non-hydrogen) atoms. The van der Waals surface area contributed by atoms with E-state index >= 15 is 0 Å². The zero-order valence-electron chi connectivity index (χ0n) is 20.9. The van der Waals surface area contributed by atoms with Gasteiger partial charge in [0.05, 0.1) is 35.3 Å². The third-order valence-corrected chi connectivity index (χ3v) is 7.81. The Morgan fingerprint density at radius 2 is 1.89 bits per heavy atom. The Morgan fingerprint density at radius 3 is 2.53 bits per heavy atom. The van der Waals surface area contributed by atoms with E-state index in [4.69, 9.17) is 11.6 Å². The maximum Gasteiger partial charge on any atom is 0.341 e. The summed E-state index contributed by atoms with van der Waals surface area (Å²) in [7, 11) is 3.06. The molecule has 2 atom stereocenters. The van der Waals surface area contributed by atoms with E-state index in [1.165, 1.54) is 37.7 Å². The molecule has 0 aliphatic heterocycles. The highest BCUT2D eigenvalue weighted by molar-refractivity contribution is 6.31. The van der Waals surface area contributed by atoms with E-state index in [2.05, 4.69) is 30.3 Å². The molecule has 3 aromatic rings. The van der Waals surface area contributed by atoms with Crippen LogP contribution in [0.1, 0.15) is 58.1 Å². The molecule has 0 radical (unpaired) electrons. The highest BCUT2D eigenvalue weighted by Crippen LogP contribution is 2.54. The van der Waals surface area contributed by atoms with Crippen LogP contribution in [0.25, 0.3) is 0 Å². The molecular weight excluding hydrogens is 515 g/mol. The fourth-order valence-electron chi connectivity index (χ4n) is 5.81. The smallest absolute Gasteiger partial charge is 0.341 e. The number of esters is 1. The van der Waals surface area contributed by atoms with E-state index in [1.807, 2.05) is 0 Å². The third-order valence-electron chi connectivity index (χ3n) is 7.52. The summed E-state index contributed by atoms with van der Waals surface area (Å²) < 4.78 is 19.8. The van der Waals surface area contributed by atoms with Gasteiger partial charge in [-0.1, -0.05) is 11.6 Å². The maximum absolute atomic E-state index is 13.5. The number of carbonyl (C=O) groups excluding carboxylic acids is 2. The van der Waals surface area contributed by atoms with Crippen LogP contribution in [0.3, 0.4) is 0 Å². The Kier molecular flexibility index (Phi) is 7.06.